The van der Waals surface area contributed by atoms with Gasteiger partial charge in [-0.15, -0.1) is 11.8 Å². The van der Waals surface area contributed by atoms with Crippen molar-refractivity contribution < 1.29 is 0 Å². The van der Waals surface area contributed by atoms with Gasteiger partial charge >= 0.3 is 0 Å². The van der Waals surface area contributed by atoms with E-state index in [1.165, 1.54) is 4.90 Å². The maximum atomic E-state index is 6.92. The zero-order valence-electron chi connectivity index (χ0n) is 5.58. The second-order valence-electron chi connectivity index (χ2n) is 1.78. The van der Waals surface area contributed by atoms with Crippen molar-refractivity contribution in [3.05, 3.63) is 24.5 Å². The van der Waals surface area contributed by atoms with Crippen LogP contribution in [0, 0.1) is 0 Å². The van der Waals surface area contributed by atoms with Crippen molar-refractivity contribution in [3.8, 4) is 0 Å². The molecule has 0 saturated carbocycles. The molecule has 0 aliphatic carbocycles. The van der Waals surface area contributed by atoms with Gasteiger partial charge in [-0.1, -0.05) is 0 Å². The molecule has 1 N–H and O–H groups in total. The third-order valence-corrected chi connectivity index (χ3v) is 2.03. The largest absolute Gasteiger partial charge is 0.265 e. The van der Waals surface area contributed by atoms with Crippen LogP contribution in [0.5, 0.6) is 0 Å². The van der Waals surface area contributed by atoms with Crippen LogP contribution in [0.4, 0.5) is 0 Å². The van der Waals surface area contributed by atoms with Gasteiger partial charge in [0, 0.05) is 29.6 Å². The summed E-state index contributed by atoms with van der Waals surface area (Å²) in [5.41, 5.74) is 6.92. The molecule has 1 aromatic rings. The van der Waals surface area contributed by atoms with Crippen LogP contribution >= 0.6 is 11.8 Å². The van der Waals surface area contributed by atoms with Crippen molar-refractivity contribution in [1.82, 2.24) is 10.7 Å². The number of pyridine rings is 1. The summed E-state index contributed by atoms with van der Waals surface area (Å²) in [6.45, 7) is 0.479. The first-order chi connectivity index (χ1) is 4.93. The molecule has 0 atom stereocenters. The summed E-state index contributed by atoms with van der Waals surface area (Å²) in [5, 5.41) is 0. The maximum Gasteiger partial charge on any atom is 0.0278 e. The van der Waals surface area contributed by atoms with E-state index in [-0.39, 0.29) is 0 Å². The Hall–Kier alpha value is -0.540. The van der Waals surface area contributed by atoms with Crippen LogP contribution in [0.2, 0.25) is 0 Å². The summed E-state index contributed by atoms with van der Waals surface area (Å²) in [6, 6.07) is 3.92. The molecular formula is C7H9N2S. The monoisotopic (exact) mass is 153 g/mol. The minimum Gasteiger partial charge on any atom is -0.265 e. The van der Waals surface area contributed by atoms with E-state index in [4.69, 9.17) is 5.73 Å². The zero-order chi connectivity index (χ0) is 7.23. The molecule has 0 unspecified atom stereocenters. The van der Waals surface area contributed by atoms with Crippen LogP contribution in [-0.2, 0) is 0 Å². The van der Waals surface area contributed by atoms with Gasteiger partial charge in [0.05, 0.1) is 0 Å². The minimum atomic E-state index is 0.479. The molecule has 0 aliphatic heterocycles. The first kappa shape index (κ1) is 7.57. The summed E-state index contributed by atoms with van der Waals surface area (Å²) in [6.07, 6.45) is 3.54. The van der Waals surface area contributed by atoms with Crippen molar-refractivity contribution >= 4 is 11.8 Å². The highest BCUT2D eigenvalue weighted by molar-refractivity contribution is 7.99. The van der Waals surface area contributed by atoms with Gasteiger partial charge in [-0.3, -0.25) is 10.7 Å². The Labute approximate surface area is 64.8 Å². The fourth-order valence-corrected chi connectivity index (χ4v) is 1.26. The maximum absolute atomic E-state index is 6.92. The second-order valence-corrected chi connectivity index (χ2v) is 2.95. The quantitative estimate of drug-likeness (QED) is 0.616. The van der Waals surface area contributed by atoms with E-state index in [1.54, 1.807) is 24.2 Å². The van der Waals surface area contributed by atoms with Gasteiger partial charge in [0.15, 0.2) is 0 Å². The molecule has 1 aromatic heterocycles. The van der Waals surface area contributed by atoms with Crippen molar-refractivity contribution in [3.63, 3.8) is 0 Å². The first-order valence-electron chi connectivity index (χ1n) is 3.11. The summed E-state index contributed by atoms with van der Waals surface area (Å²) in [4.78, 5) is 5.09. The van der Waals surface area contributed by atoms with Crippen LogP contribution in [0.15, 0.2) is 29.4 Å². The van der Waals surface area contributed by atoms with Gasteiger partial charge in [-0.25, -0.2) is 0 Å². The lowest BCUT2D eigenvalue weighted by atomic mass is 10.5. The lowest BCUT2D eigenvalue weighted by Crippen LogP contribution is -1.87. The normalized spacial score (nSPS) is 9.70. The Bertz CT molecular complexity index is 176. The lowest BCUT2D eigenvalue weighted by Gasteiger charge is -1.95. The molecule has 2 nitrogen and oxygen atoms in total. The SMILES string of the molecule is [NH]CCSc1ccncc1. The predicted octanol–water partition coefficient (Wildman–Crippen LogP) is 1.46. The van der Waals surface area contributed by atoms with Gasteiger partial charge in [0.1, 0.15) is 0 Å². The lowest BCUT2D eigenvalue weighted by molar-refractivity contribution is 1.10. The van der Waals surface area contributed by atoms with Gasteiger partial charge in [0.25, 0.3) is 0 Å². The van der Waals surface area contributed by atoms with E-state index >= 15 is 0 Å². The minimum absolute atomic E-state index is 0.479. The summed E-state index contributed by atoms with van der Waals surface area (Å²) >= 11 is 1.69. The third-order valence-electron chi connectivity index (χ3n) is 1.02. The van der Waals surface area contributed by atoms with E-state index in [9.17, 15) is 0 Å². The highest BCUT2D eigenvalue weighted by Crippen LogP contribution is 2.14. The topological polar surface area (TPSA) is 36.7 Å². The Morgan fingerprint density at radius 3 is 2.70 bits per heavy atom. The molecule has 0 aliphatic rings. The molecule has 1 heterocycles. The predicted molar refractivity (Wildman–Crippen MR) is 42.9 cm³/mol. The van der Waals surface area contributed by atoms with Crippen LogP contribution in [0.3, 0.4) is 0 Å². The van der Waals surface area contributed by atoms with E-state index in [2.05, 4.69) is 4.98 Å². The van der Waals surface area contributed by atoms with E-state index in [1.807, 2.05) is 12.1 Å². The van der Waals surface area contributed by atoms with Crippen LogP contribution in [-0.4, -0.2) is 17.3 Å². The zero-order valence-corrected chi connectivity index (χ0v) is 6.40. The van der Waals surface area contributed by atoms with Crippen LogP contribution < -0.4 is 5.73 Å². The standard InChI is InChI=1S/C7H9N2S/c8-3-6-10-7-1-4-9-5-2-7/h1-2,4-5,8H,3,6H2. The molecule has 0 aromatic carbocycles. The molecule has 0 amide bonds. The molecule has 10 heavy (non-hydrogen) atoms. The average Bonchev–Trinajstić information content (AvgIpc) is 2.03. The van der Waals surface area contributed by atoms with Gasteiger partial charge in [-0.2, -0.15) is 0 Å². The van der Waals surface area contributed by atoms with Crippen molar-refractivity contribution in [2.75, 3.05) is 12.3 Å². The second kappa shape index (κ2) is 4.30. The van der Waals surface area contributed by atoms with Gasteiger partial charge < -0.3 is 0 Å². The Kier molecular flexibility index (Phi) is 3.26. The van der Waals surface area contributed by atoms with Crippen molar-refractivity contribution in [2.45, 2.75) is 4.90 Å². The van der Waals surface area contributed by atoms with E-state index < -0.39 is 0 Å². The molecule has 0 fully saturated rings. The molecule has 0 saturated heterocycles. The highest BCUT2D eigenvalue weighted by atomic mass is 32.2. The average molecular weight is 153 g/mol. The molecule has 1 rings (SSSR count). The Morgan fingerprint density at radius 2 is 2.10 bits per heavy atom. The Balaban J connectivity index is 2.43. The number of nitrogens with one attached hydrogen (secondary N) is 1. The molecule has 3 heteroatoms. The summed E-state index contributed by atoms with van der Waals surface area (Å²) in [7, 11) is 0. The van der Waals surface area contributed by atoms with E-state index in [0.29, 0.717) is 6.54 Å². The smallest absolute Gasteiger partial charge is 0.0278 e. The van der Waals surface area contributed by atoms with Crippen LogP contribution in [0.25, 0.3) is 0 Å². The number of rotatable bonds is 3. The first-order valence-corrected chi connectivity index (χ1v) is 4.09. The fraction of sp³-hybridized carbons (Fsp3) is 0.286. The number of aromatic nitrogens is 1. The molecule has 0 spiro atoms. The molecule has 0 bridgehead atoms. The summed E-state index contributed by atoms with van der Waals surface area (Å²) < 4.78 is 0. The fourth-order valence-electron chi connectivity index (χ4n) is 0.603. The third kappa shape index (κ3) is 2.37. The summed E-state index contributed by atoms with van der Waals surface area (Å²) in [5.74, 6) is 0.865. The van der Waals surface area contributed by atoms with Crippen molar-refractivity contribution in [1.29, 1.82) is 0 Å². The van der Waals surface area contributed by atoms with Gasteiger partial charge in [0.2, 0.25) is 0 Å². The molecule has 53 valence electrons. The molecular weight excluding hydrogens is 144 g/mol. The number of nitrogens with zero attached hydrogens (tertiary/aromatic N) is 1. The molecule has 1 radical (unpaired) electrons. The number of thioether (sulfide) groups is 1. The van der Waals surface area contributed by atoms with Gasteiger partial charge in [-0.05, 0) is 12.1 Å². The van der Waals surface area contributed by atoms with E-state index in [0.717, 1.165) is 5.75 Å². The van der Waals surface area contributed by atoms with Crippen LogP contribution in [0.1, 0.15) is 0 Å². The Morgan fingerprint density at radius 1 is 1.40 bits per heavy atom. The number of hydrogen-bond donors (Lipinski definition) is 0. The van der Waals surface area contributed by atoms with Crippen molar-refractivity contribution in [2.24, 2.45) is 0 Å². The highest BCUT2D eigenvalue weighted by Gasteiger charge is 1.88. The number of hydrogen-bond acceptors (Lipinski definition) is 2.